The minimum absolute atomic E-state index is 0.0777. The van der Waals surface area contributed by atoms with E-state index in [2.05, 4.69) is 5.32 Å². The number of nitrogens with one attached hydrogen (secondary N) is 1. The zero-order valence-corrected chi connectivity index (χ0v) is 27.7. The maximum absolute atomic E-state index is 14.5. The first-order valence-electron chi connectivity index (χ1n) is 15.2. The van der Waals surface area contributed by atoms with Gasteiger partial charge in [-0.1, -0.05) is 6.07 Å². The highest BCUT2D eigenvalue weighted by Gasteiger charge is 2.35. The van der Waals surface area contributed by atoms with E-state index in [0.717, 1.165) is 6.92 Å². The lowest BCUT2D eigenvalue weighted by atomic mass is 9.88. The number of rotatable bonds is 13. The van der Waals surface area contributed by atoms with Crippen LogP contribution in [0.2, 0.25) is 0 Å². The Bertz CT molecular complexity index is 1730. The molecule has 0 aromatic heterocycles. The number of fused-ring (bicyclic) bond motifs is 1. The molecule has 49 heavy (non-hydrogen) atoms. The van der Waals surface area contributed by atoms with E-state index in [-0.39, 0.29) is 43.7 Å². The van der Waals surface area contributed by atoms with Crippen LogP contribution in [-0.2, 0) is 16.0 Å². The number of primary amides is 1. The van der Waals surface area contributed by atoms with E-state index >= 15 is 0 Å². The number of benzene rings is 3. The highest BCUT2D eigenvalue weighted by Crippen LogP contribution is 2.38. The van der Waals surface area contributed by atoms with Gasteiger partial charge in [0.05, 0.1) is 26.8 Å². The normalized spacial score (nSPS) is 14.0. The highest BCUT2D eigenvalue weighted by atomic mass is 19.2. The molecule has 1 unspecified atom stereocenters. The van der Waals surface area contributed by atoms with Gasteiger partial charge < -0.3 is 35.2 Å². The fraction of sp³-hybridized carbons (Fsp3) is 0.353. The maximum atomic E-state index is 14.5. The molecule has 0 bridgehead atoms. The minimum Gasteiger partial charge on any atom is -0.497 e. The van der Waals surface area contributed by atoms with Crippen molar-refractivity contribution in [1.29, 1.82) is 0 Å². The van der Waals surface area contributed by atoms with Crippen molar-refractivity contribution in [2.24, 2.45) is 5.73 Å². The Labute approximate surface area is 280 Å². The van der Waals surface area contributed by atoms with Gasteiger partial charge in [-0.15, -0.1) is 0 Å². The van der Waals surface area contributed by atoms with E-state index in [1.165, 1.54) is 42.2 Å². The van der Waals surface area contributed by atoms with E-state index in [1.54, 1.807) is 18.2 Å². The average Bonchev–Trinajstić information content (AvgIpc) is 3.07. The number of anilines is 1. The molecule has 1 aliphatic heterocycles. The van der Waals surface area contributed by atoms with Crippen molar-refractivity contribution in [3.8, 4) is 11.5 Å². The molecule has 15 heteroatoms. The van der Waals surface area contributed by atoms with Crippen LogP contribution in [-0.4, -0.2) is 92.8 Å². The zero-order chi connectivity index (χ0) is 36.2. The molecule has 0 aliphatic carbocycles. The third kappa shape index (κ3) is 8.11. The smallest absolute Gasteiger partial charge is 0.261 e. The summed E-state index contributed by atoms with van der Waals surface area (Å²) in [4.78, 5) is 56.6. The van der Waals surface area contributed by atoms with Crippen LogP contribution >= 0.6 is 0 Å². The molecule has 0 spiro atoms. The molecule has 0 fully saturated rings. The largest absolute Gasteiger partial charge is 0.497 e. The second-order valence-corrected chi connectivity index (χ2v) is 11.8. The number of carbonyl (C=O) groups excluding carboxylic acids is 4. The summed E-state index contributed by atoms with van der Waals surface area (Å²) in [6, 6.07) is 8.70. The Balaban J connectivity index is 1.69. The third-order valence-corrected chi connectivity index (χ3v) is 8.20. The number of methoxy groups -OCH3 is 2. The molecule has 4 amide bonds. The summed E-state index contributed by atoms with van der Waals surface area (Å²) < 4.78 is 68.3. The lowest BCUT2D eigenvalue weighted by molar-refractivity contribution is -0.135. The van der Waals surface area contributed by atoms with Crippen LogP contribution in [0.5, 0.6) is 11.5 Å². The molecule has 3 N–H and O–H groups in total. The van der Waals surface area contributed by atoms with Crippen LogP contribution in [0.15, 0.2) is 36.4 Å². The number of nitrogens with zero attached hydrogens (tertiary/aromatic N) is 3. The molecule has 0 saturated heterocycles. The molecule has 1 heterocycles. The Kier molecular flexibility index (Phi) is 11.5. The Hall–Kier alpha value is -5.18. The Morgan fingerprint density at radius 3 is 2.10 bits per heavy atom. The van der Waals surface area contributed by atoms with Gasteiger partial charge in [0.15, 0.2) is 23.3 Å². The summed E-state index contributed by atoms with van der Waals surface area (Å²) in [6.45, 7) is 1.12. The van der Waals surface area contributed by atoms with Crippen LogP contribution in [0, 0.1) is 30.2 Å². The first-order valence-corrected chi connectivity index (χ1v) is 15.2. The summed E-state index contributed by atoms with van der Waals surface area (Å²) in [7, 11) is 6.57. The van der Waals surface area contributed by atoms with Gasteiger partial charge in [-0.05, 0) is 62.8 Å². The molecule has 4 rings (SSSR count). The molecule has 0 saturated carbocycles. The van der Waals surface area contributed by atoms with Crippen LogP contribution in [0.3, 0.4) is 0 Å². The predicted octanol–water partition coefficient (Wildman–Crippen LogP) is 3.83. The number of amides is 4. The predicted molar refractivity (Wildman–Crippen MR) is 171 cm³/mol. The summed E-state index contributed by atoms with van der Waals surface area (Å²) >= 11 is 0. The average molecular weight is 688 g/mol. The quantitative estimate of drug-likeness (QED) is 0.206. The molecule has 3 aromatic carbocycles. The molecule has 262 valence electrons. The third-order valence-electron chi connectivity index (χ3n) is 8.20. The first-order chi connectivity index (χ1) is 23.2. The van der Waals surface area contributed by atoms with Crippen LogP contribution in [0.25, 0.3) is 0 Å². The monoisotopic (exact) mass is 687 g/mol. The Morgan fingerprint density at radius 1 is 0.939 bits per heavy atom. The van der Waals surface area contributed by atoms with E-state index < -0.39 is 64.1 Å². The fourth-order valence-electron chi connectivity index (χ4n) is 5.53. The highest BCUT2D eigenvalue weighted by molar-refractivity contribution is 6.06. The number of hydrogen-bond donors (Lipinski definition) is 2. The number of halogens is 4. The van der Waals surface area contributed by atoms with E-state index in [9.17, 15) is 36.7 Å². The topological polar surface area (TPSA) is 135 Å². The van der Waals surface area contributed by atoms with E-state index in [4.69, 9.17) is 15.2 Å². The second kappa shape index (κ2) is 15.4. The molecule has 0 radical (unpaired) electrons. The zero-order valence-electron chi connectivity index (χ0n) is 27.7. The summed E-state index contributed by atoms with van der Waals surface area (Å²) in [5.74, 6) is -9.31. The van der Waals surface area contributed by atoms with Crippen molar-refractivity contribution in [3.63, 3.8) is 0 Å². The van der Waals surface area contributed by atoms with Gasteiger partial charge in [0.1, 0.15) is 17.1 Å². The van der Waals surface area contributed by atoms with Gasteiger partial charge in [-0.2, -0.15) is 0 Å². The van der Waals surface area contributed by atoms with Crippen molar-refractivity contribution in [2.75, 3.05) is 59.8 Å². The molecule has 1 atom stereocenters. The van der Waals surface area contributed by atoms with E-state index in [1.807, 2.05) is 19.0 Å². The number of carbonyl (C=O) groups is 4. The number of nitrogens with two attached hydrogens (primary N) is 1. The molecular formula is C34H37F4N5O6. The van der Waals surface area contributed by atoms with E-state index in [0.29, 0.717) is 29.2 Å². The van der Waals surface area contributed by atoms with Crippen molar-refractivity contribution < 1.29 is 46.2 Å². The van der Waals surface area contributed by atoms with Gasteiger partial charge >= 0.3 is 0 Å². The molecule has 1 aliphatic rings. The standard InChI is InChI=1S/C34H37F4N5O6/c1-18-29(35)31(37)28(32(38)30(18)36)33(46)40-21-7-6-19-14-25(20-12-22(48-4)16-23(13-20)49-5)43(34(47)24(19)15-21)9-8-27(45)42(17-26(39)44)11-10-41(2)3/h6-7,12-13,15-16,25H,8-11,14,17H2,1-5H3,(H2,39,44)(H,40,46). The van der Waals surface area contributed by atoms with Gasteiger partial charge in [0, 0.05) is 48.9 Å². The lowest BCUT2D eigenvalue weighted by Crippen LogP contribution is -2.45. The number of ether oxygens (including phenoxy) is 2. The molecule has 11 nitrogen and oxygen atoms in total. The molecule has 3 aromatic rings. The van der Waals surface area contributed by atoms with Gasteiger partial charge in [0.25, 0.3) is 11.8 Å². The number of hydrogen-bond acceptors (Lipinski definition) is 7. The lowest BCUT2D eigenvalue weighted by Gasteiger charge is -2.38. The fourth-order valence-corrected chi connectivity index (χ4v) is 5.53. The van der Waals surface area contributed by atoms with Crippen molar-refractivity contribution >= 4 is 29.3 Å². The first kappa shape index (κ1) is 36.7. The second-order valence-electron chi connectivity index (χ2n) is 11.8. The maximum Gasteiger partial charge on any atom is 0.261 e. The van der Waals surface area contributed by atoms with Crippen LogP contribution in [0.4, 0.5) is 23.2 Å². The van der Waals surface area contributed by atoms with Gasteiger partial charge in [-0.25, -0.2) is 17.6 Å². The van der Waals surface area contributed by atoms with Crippen LogP contribution < -0.4 is 20.5 Å². The molecular weight excluding hydrogens is 650 g/mol. The number of likely N-dealkylation sites (N-methyl/N-ethyl adjacent to an activating group) is 1. The van der Waals surface area contributed by atoms with Crippen LogP contribution in [0.1, 0.15) is 49.9 Å². The Morgan fingerprint density at radius 2 is 1.55 bits per heavy atom. The summed E-state index contributed by atoms with van der Waals surface area (Å²) in [5, 5.41) is 2.21. The van der Waals surface area contributed by atoms with Crippen molar-refractivity contribution in [3.05, 3.63) is 87.5 Å². The SMILES string of the molecule is COc1cc(OC)cc(C2Cc3ccc(NC(=O)c4c(F)c(F)c(C)c(F)c4F)cc3C(=O)N2CCC(=O)N(CCN(C)C)CC(N)=O)c1. The van der Waals surface area contributed by atoms with Gasteiger partial charge in [0.2, 0.25) is 11.8 Å². The van der Waals surface area contributed by atoms with Crippen molar-refractivity contribution in [2.45, 2.75) is 25.8 Å². The minimum atomic E-state index is -1.86. The summed E-state index contributed by atoms with van der Waals surface area (Å²) in [5.41, 5.74) is 4.23. The summed E-state index contributed by atoms with van der Waals surface area (Å²) in [6.07, 6.45) is 0.0714. The van der Waals surface area contributed by atoms with Gasteiger partial charge in [-0.3, -0.25) is 19.2 Å². The van der Waals surface area contributed by atoms with Crippen molar-refractivity contribution in [1.82, 2.24) is 14.7 Å².